The van der Waals surface area contributed by atoms with Crippen LogP contribution in [-0.2, 0) is 0 Å². The third kappa shape index (κ3) is 4.53. The van der Waals surface area contributed by atoms with Crippen molar-refractivity contribution in [2.75, 3.05) is 0 Å². The van der Waals surface area contributed by atoms with Gasteiger partial charge in [0.15, 0.2) is 11.6 Å². The number of pyridine rings is 1. The van der Waals surface area contributed by atoms with Crippen LogP contribution in [0.5, 0.6) is 0 Å². The van der Waals surface area contributed by atoms with Crippen molar-refractivity contribution < 1.29 is 8.78 Å². The summed E-state index contributed by atoms with van der Waals surface area (Å²) in [6, 6.07) is 7.91. The number of halogens is 2. The molecular formula is C22H25F2N. The number of aromatic nitrogens is 1. The molecule has 0 bridgehead atoms. The lowest BCUT2D eigenvalue weighted by Crippen LogP contribution is -2.12. The molecule has 1 aliphatic carbocycles. The average molecular weight is 341 g/mol. The van der Waals surface area contributed by atoms with E-state index >= 15 is 0 Å². The second kappa shape index (κ2) is 8.37. The molecule has 0 amide bonds. The second-order valence-electron chi connectivity index (χ2n) is 6.93. The van der Waals surface area contributed by atoms with Crippen LogP contribution in [-0.4, -0.2) is 4.98 Å². The van der Waals surface area contributed by atoms with Crippen molar-refractivity contribution in [2.45, 2.75) is 51.4 Å². The van der Waals surface area contributed by atoms with Gasteiger partial charge < -0.3 is 0 Å². The molecular weight excluding hydrogens is 316 g/mol. The Kier molecular flexibility index (Phi) is 5.95. The first-order valence-electron chi connectivity index (χ1n) is 9.25. The van der Waals surface area contributed by atoms with Crippen molar-refractivity contribution in [1.29, 1.82) is 0 Å². The normalized spacial score (nSPS) is 20.9. The van der Waals surface area contributed by atoms with Crippen molar-refractivity contribution in [1.82, 2.24) is 4.98 Å². The monoisotopic (exact) mass is 341 g/mol. The van der Waals surface area contributed by atoms with Gasteiger partial charge in [0.2, 0.25) is 0 Å². The molecule has 132 valence electrons. The third-order valence-corrected chi connectivity index (χ3v) is 5.11. The molecule has 1 heterocycles. The predicted octanol–water partition coefficient (Wildman–Crippen LogP) is 6.66. The fourth-order valence-corrected chi connectivity index (χ4v) is 3.57. The standard InChI is InChI=1S/C22H25F2N/c1-2-3-4-5-16-6-8-17(9-7-16)19-11-13-22(25-15-19)18-10-12-20(23)21(24)14-18/h4-5,10-17H,2-3,6-9H2,1H3/b5-4+. The zero-order chi connectivity index (χ0) is 17.6. The van der Waals surface area contributed by atoms with Crippen LogP contribution in [0.2, 0.25) is 0 Å². The molecule has 1 aromatic heterocycles. The van der Waals surface area contributed by atoms with Gasteiger partial charge in [-0.15, -0.1) is 0 Å². The predicted molar refractivity (Wildman–Crippen MR) is 98.3 cm³/mol. The van der Waals surface area contributed by atoms with E-state index < -0.39 is 11.6 Å². The highest BCUT2D eigenvalue weighted by molar-refractivity contribution is 5.59. The second-order valence-corrected chi connectivity index (χ2v) is 6.93. The topological polar surface area (TPSA) is 12.9 Å². The Morgan fingerprint density at radius 1 is 1.04 bits per heavy atom. The smallest absolute Gasteiger partial charge is 0.159 e. The SMILES string of the molecule is CCC/C=C/C1CCC(c2ccc(-c3ccc(F)c(F)c3)nc2)CC1. The van der Waals surface area contributed by atoms with Crippen LogP contribution in [0.15, 0.2) is 48.7 Å². The van der Waals surface area contributed by atoms with Gasteiger partial charge in [0.05, 0.1) is 5.69 Å². The molecule has 25 heavy (non-hydrogen) atoms. The minimum Gasteiger partial charge on any atom is -0.256 e. The third-order valence-electron chi connectivity index (χ3n) is 5.11. The van der Waals surface area contributed by atoms with E-state index in [-0.39, 0.29) is 0 Å². The molecule has 0 radical (unpaired) electrons. The molecule has 0 atom stereocenters. The number of benzene rings is 1. The molecule has 1 aliphatic rings. The largest absolute Gasteiger partial charge is 0.256 e. The molecule has 3 rings (SSSR count). The number of unbranched alkanes of at least 4 members (excludes halogenated alkanes) is 1. The molecule has 0 aliphatic heterocycles. The van der Waals surface area contributed by atoms with Crippen LogP contribution in [0, 0.1) is 17.6 Å². The Morgan fingerprint density at radius 2 is 1.84 bits per heavy atom. The summed E-state index contributed by atoms with van der Waals surface area (Å²) < 4.78 is 26.4. The van der Waals surface area contributed by atoms with Gasteiger partial charge in [0.25, 0.3) is 0 Å². The molecule has 0 saturated heterocycles. The van der Waals surface area contributed by atoms with Crippen LogP contribution >= 0.6 is 0 Å². The van der Waals surface area contributed by atoms with Crippen LogP contribution in [0.25, 0.3) is 11.3 Å². The lowest BCUT2D eigenvalue weighted by molar-refractivity contribution is 0.375. The summed E-state index contributed by atoms with van der Waals surface area (Å²) in [5.74, 6) is -0.387. The molecule has 3 heteroatoms. The summed E-state index contributed by atoms with van der Waals surface area (Å²) in [4.78, 5) is 4.47. The van der Waals surface area contributed by atoms with E-state index in [2.05, 4.69) is 30.1 Å². The average Bonchev–Trinajstić information content (AvgIpc) is 2.65. The van der Waals surface area contributed by atoms with Gasteiger partial charge in [-0.3, -0.25) is 4.98 Å². The number of hydrogen-bond donors (Lipinski definition) is 0. The van der Waals surface area contributed by atoms with Gasteiger partial charge in [0, 0.05) is 11.8 Å². The van der Waals surface area contributed by atoms with E-state index in [4.69, 9.17) is 0 Å². The summed E-state index contributed by atoms with van der Waals surface area (Å²) in [5.41, 5.74) is 2.54. The Bertz CT molecular complexity index is 713. The van der Waals surface area contributed by atoms with Crippen LogP contribution in [0.3, 0.4) is 0 Å². The van der Waals surface area contributed by atoms with E-state index in [0.717, 1.165) is 12.0 Å². The van der Waals surface area contributed by atoms with E-state index in [1.807, 2.05) is 12.3 Å². The van der Waals surface area contributed by atoms with Crippen molar-refractivity contribution >= 4 is 0 Å². The summed E-state index contributed by atoms with van der Waals surface area (Å²) in [6.07, 6.45) is 13.8. The van der Waals surface area contributed by atoms with Gasteiger partial charge >= 0.3 is 0 Å². The molecule has 0 N–H and O–H groups in total. The van der Waals surface area contributed by atoms with Crippen molar-refractivity contribution in [3.63, 3.8) is 0 Å². The first-order chi connectivity index (χ1) is 12.2. The van der Waals surface area contributed by atoms with Crippen molar-refractivity contribution in [2.24, 2.45) is 5.92 Å². The van der Waals surface area contributed by atoms with Crippen molar-refractivity contribution in [3.05, 3.63) is 65.9 Å². The van der Waals surface area contributed by atoms with Crippen molar-refractivity contribution in [3.8, 4) is 11.3 Å². The Hall–Kier alpha value is -2.03. The number of rotatable bonds is 5. The fourth-order valence-electron chi connectivity index (χ4n) is 3.57. The highest BCUT2D eigenvalue weighted by atomic mass is 19.2. The zero-order valence-corrected chi connectivity index (χ0v) is 14.7. The summed E-state index contributed by atoms with van der Waals surface area (Å²) >= 11 is 0. The lowest BCUT2D eigenvalue weighted by Gasteiger charge is -2.27. The zero-order valence-electron chi connectivity index (χ0n) is 14.7. The maximum Gasteiger partial charge on any atom is 0.159 e. The van der Waals surface area contributed by atoms with E-state index in [1.165, 1.54) is 50.2 Å². The Balaban J connectivity index is 1.62. The van der Waals surface area contributed by atoms with Crippen LogP contribution in [0.1, 0.15) is 56.9 Å². The van der Waals surface area contributed by atoms with Gasteiger partial charge in [0.1, 0.15) is 0 Å². The number of allylic oxidation sites excluding steroid dienone is 2. The molecule has 2 aromatic rings. The molecule has 0 spiro atoms. The van der Waals surface area contributed by atoms with E-state index in [1.54, 1.807) is 6.07 Å². The quantitative estimate of drug-likeness (QED) is 0.554. The van der Waals surface area contributed by atoms with Gasteiger partial charge in [-0.25, -0.2) is 8.78 Å². The van der Waals surface area contributed by atoms with Crippen LogP contribution in [0.4, 0.5) is 8.78 Å². The summed E-state index contributed by atoms with van der Waals surface area (Å²) in [7, 11) is 0. The van der Waals surface area contributed by atoms with Gasteiger partial charge in [-0.2, -0.15) is 0 Å². The fraction of sp³-hybridized carbons (Fsp3) is 0.409. The molecule has 1 aromatic carbocycles. The Labute approximate surface area is 148 Å². The first-order valence-corrected chi connectivity index (χ1v) is 9.25. The highest BCUT2D eigenvalue weighted by Gasteiger charge is 2.21. The molecule has 1 fully saturated rings. The maximum absolute atomic E-state index is 13.4. The molecule has 0 unspecified atom stereocenters. The minimum absolute atomic E-state index is 0.558. The maximum atomic E-state index is 13.4. The highest BCUT2D eigenvalue weighted by Crippen LogP contribution is 2.36. The van der Waals surface area contributed by atoms with E-state index in [0.29, 0.717) is 17.2 Å². The summed E-state index contributed by atoms with van der Waals surface area (Å²) in [5, 5.41) is 0. The molecule has 1 saturated carbocycles. The Morgan fingerprint density at radius 3 is 2.48 bits per heavy atom. The van der Waals surface area contributed by atoms with Gasteiger partial charge in [-0.05, 0) is 73.8 Å². The number of nitrogens with zero attached hydrogens (tertiary/aromatic N) is 1. The van der Waals surface area contributed by atoms with E-state index in [9.17, 15) is 8.78 Å². The number of hydrogen-bond acceptors (Lipinski definition) is 1. The molecule has 1 nitrogen and oxygen atoms in total. The lowest BCUT2D eigenvalue weighted by atomic mass is 9.79. The first kappa shape index (κ1) is 17.8. The minimum atomic E-state index is -0.835. The van der Waals surface area contributed by atoms with Crippen LogP contribution < -0.4 is 0 Å². The van der Waals surface area contributed by atoms with Gasteiger partial charge in [-0.1, -0.05) is 31.6 Å². The summed E-state index contributed by atoms with van der Waals surface area (Å²) in [6.45, 7) is 2.21.